The number of pyridine rings is 2. The van der Waals surface area contributed by atoms with Crippen LogP contribution in [0.3, 0.4) is 0 Å². The molecule has 11 heteroatoms. The molecule has 0 aliphatic carbocycles. The Hall–Kier alpha value is -5.91. The molecule has 0 atom stereocenters. The predicted molar refractivity (Wildman–Crippen MR) is 175 cm³/mol. The van der Waals surface area contributed by atoms with E-state index in [9.17, 15) is 4.79 Å². The van der Waals surface area contributed by atoms with Crippen molar-refractivity contribution >= 4 is 29.1 Å². The number of nitrogens with one attached hydrogen (secondary N) is 2. The Morgan fingerprint density at radius 1 is 0.932 bits per heavy atom. The quantitative estimate of drug-likeness (QED) is 0.0581. The molecule has 0 spiro atoms. The number of hydrazone groups is 1. The topological polar surface area (TPSA) is 175 Å². The lowest BCUT2D eigenvalue weighted by molar-refractivity contribution is 0.112. The number of nitrogens with two attached hydrogens (primary N) is 3. The number of hydrogen-bond donors (Lipinski definition) is 5. The molecule has 0 aliphatic rings. The summed E-state index contributed by atoms with van der Waals surface area (Å²) >= 11 is 0. The standard InChI is InChI=1S/C25H22N6.C8H10N4O/c1-27-16-17-9-11-19(12-10-17)31-24(20-8-5-15-28-23(20)26)30-22-14-13-21(29-25(22)31)18-6-3-2-4-7-18;9-8(11-12-10)7-3-1-2-6(4-7)5-13/h2-15,27H,16H2,1H3,(H2,26,28);1-5,12H,10H2,(H2,9,11). The largest absolute Gasteiger partial charge is 0.383 e. The van der Waals surface area contributed by atoms with Gasteiger partial charge in [0.05, 0.1) is 11.3 Å². The van der Waals surface area contributed by atoms with Crippen LogP contribution in [-0.4, -0.2) is 38.7 Å². The van der Waals surface area contributed by atoms with Crippen LogP contribution in [0.2, 0.25) is 0 Å². The molecule has 0 fully saturated rings. The first kappa shape index (κ1) is 29.6. The molecule has 0 radical (unpaired) electrons. The van der Waals surface area contributed by atoms with Crippen molar-refractivity contribution in [2.24, 2.45) is 16.7 Å². The average molecular weight is 585 g/mol. The fraction of sp³-hybridized carbons (Fsp3) is 0.0606. The Morgan fingerprint density at radius 3 is 2.43 bits per heavy atom. The van der Waals surface area contributed by atoms with Gasteiger partial charge in [-0.1, -0.05) is 60.7 Å². The minimum Gasteiger partial charge on any atom is -0.383 e. The van der Waals surface area contributed by atoms with Gasteiger partial charge in [-0.15, -0.1) is 5.10 Å². The van der Waals surface area contributed by atoms with Gasteiger partial charge in [0.25, 0.3) is 0 Å². The molecule has 8 N–H and O–H groups in total. The maximum absolute atomic E-state index is 10.4. The molecule has 0 unspecified atom stereocenters. The third kappa shape index (κ3) is 6.59. The summed E-state index contributed by atoms with van der Waals surface area (Å²) in [4.78, 5) is 24.5. The number of imidazole rings is 1. The van der Waals surface area contributed by atoms with E-state index in [-0.39, 0.29) is 5.84 Å². The Balaban J connectivity index is 0.000000249. The lowest BCUT2D eigenvalue weighted by atomic mass is 10.1. The van der Waals surface area contributed by atoms with Gasteiger partial charge in [0.2, 0.25) is 0 Å². The van der Waals surface area contributed by atoms with Crippen LogP contribution in [0.1, 0.15) is 21.5 Å². The van der Waals surface area contributed by atoms with Gasteiger partial charge in [-0.25, -0.2) is 26.3 Å². The minimum absolute atomic E-state index is 0.242. The number of amidine groups is 1. The third-order valence-corrected chi connectivity index (χ3v) is 6.73. The highest BCUT2D eigenvalue weighted by molar-refractivity contribution is 5.98. The first-order valence-electron chi connectivity index (χ1n) is 13.8. The van der Waals surface area contributed by atoms with E-state index >= 15 is 0 Å². The van der Waals surface area contributed by atoms with Gasteiger partial charge in [-0.2, -0.15) is 0 Å². The molecule has 6 rings (SSSR count). The van der Waals surface area contributed by atoms with Crippen LogP contribution in [0.4, 0.5) is 5.82 Å². The highest BCUT2D eigenvalue weighted by Gasteiger charge is 2.18. The number of nitrogens with zero attached hydrogens (tertiary/aromatic N) is 5. The number of hydrogen-bond acceptors (Lipinski definition) is 9. The number of nitrogen functional groups attached to an aromatic ring is 1. The second kappa shape index (κ2) is 13.8. The van der Waals surface area contributed by atoms with Crippen molar-refractivity contribution in [3.63, 3.8) is 0 Å². The second-order valence-corrected chi connectivity index (χ2v) is 9.68. The summed E-state index contributed by atoms with van der Waals surface area (Å²) in [5, 5.41) is 6.76. The molecular formula is C33H32N10O. The maximum atomic E-state index is 10.4. The van der Waals surface area contributed by atoms with E-state index in [1.165, 1.54) is 5.56 Å². The van der Waals surface area contributed by atoms with Crippen molar-refractivity contribution in [2.45, 2.75) is 6.54 Å². The SMILES string of the molecule is CNCc1ccc(-n2c(-c3cccnc3N)nc3ccc(-c4ccccc4)nc32)cc1.NN/N=C(\N)c1cccc(C=O)c1. The molecule has 3 aromatic heterocycles. The fourth-order valence-electron chi connectivity index (χ4n) is 4.63. The van der Waals surface area contributed by atoms with Crippen LogP contribution in [-0.2, 0) is 6.54 Å². The van der Waals surface area contributed by atoms with Crippen molar-refractivity contribution in [3.05, 3.63) is 126 Å². The van der Waals surface area contributed by atoms with Gasteiger partial charge in [0.1, 0.15) is 17.6 Å². The smallest absolute Gasteiger partial charge is 0.165 e. The highest BCUT2D eigenvalue weighted by atomic mass is 16.1. The van der Waals surface area contributed by atoms with Crippen LogP contribution >= 0.6 is 0 Å². The van der Waals surface area contributed by atoms with Gasteiger partial charge >= 0.3 is 0 Å². The lowest BCUT2D eigenvalue weighted by Crippen LogP contribution is -2.23. The van der Waals surface area contributed by atoms with Gasteiger partial charge in [-0.3, -0.25) is 9.36 Å². The Labute approximate surface area is 254 Å². The first-order chi connectivity index (χ1) is 21.5. The summed E-state index contributed by atoms with van der Waals surface area (Å²) in [7, 11) is 1.94. The molecule has 0 saturated carbocycles. The third-order valence-electron chi connectivity index (χ3n) is 6.73. The number of fused-ring (bicyclic) bond motifs is 1. The van der Waals surface area contributed by atoms with Gasteiger partial charge in [0, 0.05) is 35.1 Å². The monoisotopic (exact) mass is 584 g/mol. The zero-order valence-electron chi connectivity index (χ0n) is 24.1. The molecule has 6 aromatic rings. The number of hydrazine groups is 1. The normalized spacial score (nSPS) is 11.1. The van der Waals surface area contributed by atoms with Crippen molar-refractivity contribution in [3.8, 4) is 28.3 Å². The van der Waals surface area contributed by atoms with Crippen LogP contribution < -0.4 is 28.2 Å². The number of benzene rings is 3. The van der Waals surface area contributed by atoms with Crippen molar-refractivity contribution < 1.29 is 4.79 Å². The Kier molecular flexibility index (Phi) is 9.30. The zero-order chi connectivity index (χ0) is 30.9. The number of aromatic nitrogens is 4. The van der Waals surface area contributed by atoms with Crippen molar-refractivity contribution in [2.75, 3.05) is 12.8 Å². The molecule has 0 saturated heterocycles. The van der Waals surface area contributed by atoms with E-state index in [0.717, 1.165) is 52.3 Å². The van der Waals surface area contributed by atoms with Crippen molar-refractivity contribution in [1.82, 2.24) is 30.4 Å². The van der Waals surface area contributed by atoms with Gasteiger partial charge in [-0.05, 0) is 55.1 Å². The predicted octanol–water partition coefficient (Wildman–Crippen LogP) is 4.03. The molecule has 3 aromatic carbocycles. The van der Waals surface area contributed by atoms with Crippen molar-refractivity contribution in [1.29, 1.82) is 0 Å². The Morgan fingerprint density at radius 2 is 1.73 bits per heavy atom. The van der Waals surface area contributed by atoms with Gasteiger partial charge < -0.3 is 16.8 Å². The van der Waals surface area contributed by atoms with Gasteiger partial charge in [0.15, 0.2) is 17.3 Å². The second-order valence-electron chi connectivity index (χ2n) is 9.68. The van der Waals surface area contributed by atoms with E-state index in [1.54, 1.807) is 30.5 Å². The number of anilines is 1. The zero-order valence-corrected chi connectivity index (χ0v) is 24.1. The van der Waals surface area contributed by atoms with E-state index in [0.29, 0.717) is 16.9 Å². The van der Waals surface area contributed by atoms with Crippen LogP contribution in [0.25, 0.3) is 39.5 Å². The summed E-state index contributed by atoms with van der Waals surface area (Å²) in [6.45, 7) is 0.809. The molecule has 0 bridgehead atoms. The number of aldehydes is 1. The minimum atomic E-state index is 0.242. The number of carbonyl (C=O) groups excluding carboxylic acids is 1. The molecule has 3 heterocycles. The van der Waals surface area contributed by atoms with Crippen LogP contribution in [0.5, 0.6) is 0 Å². The highest BCUT2D eigenvalue weighted by Crippen LogP contribution is 2.31. The summed E-state index contributed by atoms with van der Waals surface area (Å²) in [6, 6.07) is 33.1. The van der Waals surface area contributed by atoms with Crippen LogP contribution in [0, 0.1) is 0 Å². The summed E-state index contributed by atoms with van der Waals surface area (Å²) in [5.41, 5.74) is 21.5. The van der Waals surface area contributed by atoms with E-state index in [1.807, 2.05) is 49.5 Å². The lowest BCUT2D eigenvalue weighted by Gasteiger charge is -2.11. The molecule has 0 amide bonds. The average Bonchev–Trinajstić information content (AvgIpc) is 3.45. The maximum Gasteiger partial charge on any atom is 0.165 e. The van der Waals surface area contributed by atoms with Crippen LogP contribution in [0.15, 0.2) is 114 Å². The van der Waals surface area contributed by atoms with E-state index < -0.39 is 0 Å². The number of carbonyl (C=O) groups is 1. The summed E-state index contributed by atoms with van der Waals surface area (Å²) in [5.74, 6) is 6.35. The first-order valence-corrected chi connectivity index (χ1v) is 13.8. The molecule has 11 nitrogen and oxygen atoms in total. The molecule has 220 valence electrons. The summed E-state index contributed by atoms with van der Waals surface area (Å²) in [6.07, 6.45) is 2.43. The van der Waals surface area contributed by atoms with E-state index in [4.69, 9.17) is 27.3 Å². The molecule has 0 aliphatic heterocycles. The molecule has 44 heavy (non-hydrogen) atoms. The fourth-order valence-corrected chi connectivity index (χ4v) is 4.63. The summed E-state index contributed by atoms with van der Waals surface area (Å²) < 4.78 is 2.05. The Bertz CT molecular complexity index is 1900. The number of rotatable bonds is 8. The molecular weight excluding hydrogens is 552 g/mol. The van der Waals surface area contributed by atoms with E-state index in [2.05, 4.69) is 61.9 Å².